The lowest BCUT2D eigenvalue weighted by Gasteiger charge is -2.37. The van der Waals surface area contributed by atoms with Crippen LogP contribution in [0.2, 0.25) is 0 Å². The Morgan fingerprint density at radius 1 is 1.33 bits per heavy atom. The maximum Gasteiger partial charge on any atom is 0.240 e. The zero-order valence-corrected chi connectivity index (χ0v) is 7.52. The summed E-state index contributed by atoms with van der Waals surface area (Å²) >= 11 is 0. The van der Waals surface area contributed by atoms with E-state index in [-0.39, 0.29) is 11.4 Å². The van der Waals surface area contributed by atoms with Gasteiger partial charge in [-0.3, -0.25) is 4.79 Å². The van der Waals surface area contributed by atoms with Crippen LogP contribution < -0.4 is 11.1 Å². The molecule has 0 radical (unpaired) electrons. The fraction of sp³-hybridized carbons (Fsp3) is 0.889. The summed E-state index contributed by atoms with van der Waals surface area (Å²) in [5.41, 5.74) is 5.43. The quantitative estimate of drug-likeness (QED) is 0.632. The van der Waals surface area contributed by atoms with E-state index in [0.717, 1.165) is 32.1 Å². The van der Waals surface area contributed by atoms with Crippen LogP contribution in [0.5, 0.6) is 0 Å². The molecule has 0 saturated heterocycles. The topological polar surface area (TPSA) is 55.1 Å². The summed E-state index contributed by atoms with van der Waals surface area (Å²) < 4.78 is 0. The second-order valence-corrected chi connectivity index (χ2v) is 4.52. The summed E-state index contributed by atoms with van der Waals surface area (Å²) in [6.07, 6.45) is 5.02. The van der Waals surface area contributed by atoms with E-state index >= 15 is 0 Å². The fourth-order valence-corrected chi connectivity index (χ4v) is 1.50. The third-order valence-corrected chi connectivity index (χ3v) is 3.11. The Bertz CT molecular complexity index is 217. The van der Waals surface area contributed by atoms with Crippen LogP contribution in [0.3, 0.4) is 0 Å². The van der Waals surface area contributed by atoms with Crippen molar-refractivity contribution < 1.29 is 4.79 Å². The molecule has 12 heavy (non-hydrogen) atoms. The molecular formula is C9H16N2O. The number of hydrogen-bond donors (Lipinski definition) is 2. The minimum atomic E-state index is -0.522. The van der Waals surface area contributed by atoms with Crippen LogP contribution in [-0.4, -0.2) is 17.0 Å². The molecule has 0 atom stereocenters. The van der Waals surface area contributed by atoms with Gasteiger partial charge in [0.1, 0.15) is 0 Å². The van der Waals surface area contributed by atoms with E-state index in [4.69, 9.17) is 5.73 Å². The maximum absolute atomic E-state index is 11.6. The lowest BCUT2D eigenvalue weighted by Crippen LogP contribution is -2.60. The molecule has 0 bridgehead atoms. The van der Waals surface area contributed by atoms with E-state index in [1.807, 2.05) is 0 Å². The SMILES string of the molecule is CC1(NC(=O)C2(N)CCC2)CC1. The predicted octanol–water partition coefficient (Wildman–Crippen LogP) is 0.536. The maximum atomic E-state index is 11.6. The lowest BCUT2D eigenvalue weighted by molar-refractivity contribution is -0.130. The van der Waals surface area contributed by atoms with Gasteiger partial charge in [-0.15, -0.1) is 0 Å². The predicted molar refractivity (Wildman–Crippen MR) is 46.6 cm³/mol. The highest BCUT2D eigenvalue weighted by molar-refractivity contribution is 5.87. The van der Waals surface area contributed by atoms with Crippen LogP contribution in [0.4, 0.5) is 0 Å². The van der Waals surface area contributed by atoms with Crippen LogP contribution in [0.1, 0.15) is 39.0 Å². The Morgan fingerprint density at radius 3 is 2.25 bits per heavy atom. The highest BCUT2D eigenvalue weighted by atomic mass is 16.2. The smallest absolute Gasteiger partial charge is 0.240 e. The number of rotatable bonds is 2. The van der Waals surface area contributed by atoms with Crippen molar-refractivity contribution in [1.82, 2.24) is 5.32 Å². The molecule has 3 N–H and O–H groups in total. The van der Waals surface area contributed by atoms with Crippen molar-refractivity contribution in [2.75, 3.05) is 0 Å². The monoisotopic (exact) mass is 168 g/mol. The average Bonchev–Trinajstić information content (AvgIpc) is 2.62. The zero-order valence-electron chi connectivity index (χ0n) is 7.52. The van der Waals surface area contributed by atoms with E-state index in [2.05, 4.69) is 12.2 Å². The summed E-state index contributed by atoms with van der Waals surface area (Å²) in [6.45, 7) is 2.08. The number of hydrogen-bond acceptors (Lipinski definition) is 2. The van der Waals surface area contributed by atoms with Crippen molar-refractivity contribution in [1.29, 1.82) is 0 Å². The van der Waals surface area contributed by atoms with Gasteiger partial charge in [-0.25, -0.2) is 0 Å². The van der Waals surface area contributed by atoms with E-state index in [1.54, 1.807) is 0 Å². The molecule has 0 spiro atoms. The molecule has 2 aliphatic carbocycles. The van der Waals surface area contributed by atoms with Crippen molar-refractivity contribution in [2.45, 2.75) is 50.1 Å². The highest BCUT2D eigenvalue weighted by Crippen LogP contribution is 2.36. The molecule has 0 heterocycles. The largest absolute Gasteiger partial charge is 0.349 e. The molecule has 2 saturated carbocycles. The van der Waals surface area contributed by atoms with E-state index < -0.39 is 5.54 Å². The number of nitrogens with two attached hydrogens (primary N) is 1. The second kappa shape index (κ2) is 2.22. The van der Waals surface area contributed by atoms with Gasteiger partial charge in [0.15, 0.2) is 0 Å². The molecule has 2 fully saturated rings. The van der Waals surface area contributed by atoms with Crippen LogP contribution in [0, 0.1) is 0 Å². The van der Waals surface area contributed by atoms with E-state index in [1.165, 1.54) is 0 Å². The van der Waals surface area contributed by atoms with Gasteiger partial charge in [-0.1, -0.05) is 0 Å². The first-order valence-corrected chi connectivity index (χ1v) is 4.66. The van der Waals surface area contributed by atoms with E-state index in [9.17, 15) is 4.79 Å². The molecule has 0 aliphatic heterocycles. The Hall–Kier alpha value is -0.570. The van der Waals surface area contributed by atoms with Crippen molar-refractivity contribution >= 4 is 5.91 Å². The Kier molecular flexibility index (Phi) is 1.49. The van der Waals surface area contributed by atoms with Gasteiger partial charge in [0.2, 0.25) is 5.91 Å². The first kappa shape index (κ1) is 8.05. The Labute approximate surface area is 72.7 Å². The molecule has 0 aromatic heterocycles. The van der Waals surface area contributed by atoms with Crippen molar-refractivity contribution in [2.24, 2.45) is 5.73 Å². The van der Waals surface area contributed by atoms with Crippen molar-refractivity contribution in [3.8, 4) is 0 Å². The zero-order chi connectivity index (χ0) is 8.82. The van der Waals surface area contributed by atoms with Gasteiger partial charge < -0.3 is 11.1 Å². The van der Waals surface area contributed by atoms with Crippen molar-refractivity contribution in [3.05, 3.63) is 0 Å². The number of carbonyl (C=O) groups is 1. The van der Waals surface area contributed by atoms with Gasteiger partial charge in [0.05, 0.1) is 5.54 Å². The molecule has 2 aliphatic rings. The van der Waals surface area contributed by atoms with Crippen LogP contribution in [-0.2, 0) is 4.79 Å². The Balaban J connectivity index is 1.91. The van der Waals surface area contributed by atoms with Gasteiger partial charge in [-0.2, -0.15) is 0 Å². The second-order valence-electron chi connectivity index (χ2n) is 4.52. The minimum Gasteiger partial charge on any atom is -0.349 e. The number of nitrogens with one attached hydrogen (secondary N) is 1. The summed E-state index contributed by atoms with van der Waals surface area (Å²) in [5.74, 6) is 0.0637. The van der Waals surface area contributed by atoms with Crippen LogP contribution >= 0.6 is 0 Å². The first-order valence-electron chi connectivity index (χ1n) is 4.66. The molecule has 0 unspecified atom stereocenters. The number of carbonyl (C=O) groups excluding carboxylic acids is 1. The molecule has 3 heteroatoms. The van der Waals surface area contributed by atoms with Gasteiger partial charge in [0, 0.05) is 5.54 Å². The fourth-order valence-electron chi connectivity index (χ4n) is 1.50. The summed E-state index contributed by atoms with van der Waals surface area (Å²) in [7, 11) is 0. The molecule has 68 valence electrons. The minimum absolute atomic E-state index is 0.0637. The first-order chi connectivity index (χ1) is 5.54. The van der Waals surface area contributed by atoms with Crippen LogP contribution in [0.25, 0.3) is 0 Å². The van der Waals surface area contributed by atoms with Crippen molar-refractivity contribution in [3.63, 3.8) is 0 Å². The summed E-state index contributed by atoms with van der Waals surface area (Å²) in [5, 5.41) is 3.01. The Morgan fingerprint density at radius 2 is 1.92 bits per heavy atom. The molecule has 2 rings (SSSR count). The molecule has 0 aromatic rings. The van der Waals surface area contributed by atoms with Gasteiger partial charge >= 0.3 is 0 Å². The normalized spacial score (nSPS) is 28.8. The third-order valence-electron chi connectivity index (χ3n) is 3.11. The standard InChI is InChI=1S/C9H16N2O/c1-8(5-6-8)11-7(12)9(10)3-2-4-9/h2-6,10H2,1H3,(H,11,12). The molecule has 3 nitrogen and oxygen atoms in total. The van der Waals surface area contributed by atoms with Gasteiger partial charge in [-0.05, 0) is 39.0 Å². The third kappa shape index (κ3) is 1.22. The summed E-state index contributed by atoms with van der Waals surface area (Å²) in [6, 6.07) is 0. The molecular weight excluding hydrogens is 152 g/mol. The molecule has 0 aromatic carbocycles. The summed E-state index contributed by atoms with van der Waals surface area (Å²) in [4.78, 5) is 11.6. The highest BCUT2D eigenvalue weighted by Gasteiger charge is 2.46. The lowest BCUT2D eigenvalue weighted by atomic mass is 9.77. The van der Waals surface area contributed by atoms with Crippen LogP contribution in [0.15, 0.2) is 0 Å². The number of amides is 1. The average molecular weight is 168 g/mol. The van der Waals surface area contributed by atoms with Gasteiger partial charge in [0.25, 0.3) is 0 Å². The van der Waals surface area contributed by atoms with E-state index in [0.29, 0.717) is 0 Å². The molecule has 1 amide bonds.